The molecule has 0 heterocycles. The minimum atomic E-state index is -3.67. The number of hydrogen-bond acceptors (Lipinski definition) is 3. The van der Waals surface area contributed by atoms with E-state index in [4.69, 9.17) is 0 Å². The van der Waals surface area contributed by atoms with Gasteiger partial charge in [0.1, 0.15) is 0 Å². The fourth-order valence-electron chi connectivity index (χ4n) is 3.50. The summed E-state index contributed by atoms with van der Waals surface area (Å²) in [6.07, 6.45) is 4.49. The van der Waals surface area contributed by atoms with Crippen molar-refractivity contribution in [2.75, 3.05) is 11.4 Å². The molecule has 5 nitrogen and oxygen atoms in total. The normalized spacial score (nSPS) is 20.1. The van der Waals surface area contributed by atoms with Crippen molar-refractivity contribution >= 4 is 21.6 Å². The number of para-hydroxylation sites is 1. The predicted octanol–water partition coefficient (Wildman–Crippen LogP) is 3.82. The van der Waals surface area contributed by atoms with Crippen LogP contribution < -0.4 is 9.62 Å². The molecule has 2 atom stereocenters. The zero-order valence-corrected chi connectivity index (χ0v) is 16.6. The topological polar surface area (TPSA) is 66.5 Å². The summed E-state index contributed by atoms with van der Waals surface area (Å²) in [5.74, 6) is 0.330. The molecule has 1 aliphatic rings. The van der Waals surface area contributed by atoms with Crippen molar-refractivity contribution in [3.05, 3.63) is 60.2 Å². The van der Waals surface area contributed by atoms with Crippen molar-refractivity contribution < 1.29 is 13.2 Å². The van der Waals surface area contributed by atoms with Crippen LogP contribution in [0.15, 0.2) is 59.5 Å². The third-order valence-corrected chi connectivity index (χ3v) is 7.12. The van der Waals surface area contributed by atoms with E-state index >= 15 is 0 Å². The molecule has 0 spiro atoms. The Kier molecular flexibility index (Phi) is 5.85. The molecular formula is C21H26N2O3S. The lowest BCUT2D eigenvalue weighted by atomic mass is 9.86. The first-order chi connectivity index (χ1) is 12.9. The van der Waals surface area contributed by atoms with Gasteiger partial charge in [-0.3, -0.25) is 9.10 Å². The van der Waals surface area contributed by atoms with Gasteiger partial charge in [-0.05, 0) is 55.2 Å². The predicted molar refractivity (Wildman–Crippen MR) is 107 cm³/mol. The Balaban J connectivity index is 1.73. The quantitative estimate of drug-likeness (QED) is 0.849. The van der Waals surface area contributed by atoms with Gasteiger partial charge in [0, 0.05) is 18.7 Å². The Morgan fingerprint density at radius 2 is 1.63 bits per heavy atom. The van der Waals surface area contributed by atoms with Gasteiger partial charge in [-0.1, -0.05) is 38.0 Å². The molecule has 1 saturated carbocycles. The van der Waals surface area contributed by atoms with E-state index in [1.165, 1.54) is 29.9 Å². The fourth-order valence-corrected chi connectivity index (χ4v) is 4.69. The van der Waals surface area contributed by atoms with Crippen LogP contribution in [0.4, 0.5) is 5.69 Å². The standard InChI is InChI=1S/C21H26N2O3S/c1-16-8-6-7-11-20(16)22-21(24)17-12-14-19(15-13-17)27(25,26)23(2)18-9-4-3-5-10-18/h3-5,9-10,12-16,20H,6-8,11H2,1-2H3,(H,22,24)/t16-,20-/m1/s1. The third-order valence-electron chi connectivity index (χ3n) is 5.32. The first-order valence-corrected chi connectivity index (χ1v) is 10.8. The van der Waals surface area contributed by atoms with Crippen LogP contribution in [0.2, 0.25) is 0 Å². The molecular weight excluding hydrogens is 360 g/mol. The van der Waals surface area contributed by atoms with Crippen LogP contribution in [-0.2, 0) is 10.0 Å². The number of hydrogen-bond donors (Lipinski definition) is 1. The maximum atomic E-state index is 12.8. The lowest BCUT2D eigenvalue weighted by Gasteiger charge is -2.29. The Morgan fingerprint density at radius 1 is 1.00 bits per heavy atom. The van der Waals surface area contributed by atoms with Gasteiger partial charge in [-0.15, -0.1) is 0 Å². The number of carbonyl (C=O) groups is 1. The summed E-state index contributed by atoms with van der Waals surface area (Å²) in [5.41, 5.74) is 1.07. The highest BCUT2D eigenvalue weighted by atomic mass is 32.2. The van der Waals surface area contributed by atoms with E-state index in [0.717, 1.165) is 19.3 Å². The van der Waals surface area contributed by atoms with Crippen molar-refractivity contribution in [3.8, 4) is 0 Å². The highest BCUT2D eigenvalue weighted by molar-refractivity contribution is 7.92. The van der Waals surface area contributed by atoms with Gasteiger partial charge in [0.2, 0.25) is 0 Å². The monoisotopic (exact) mass is 386 g/mol. The van der Waals surface area contributed by atoms with Crippen LogP contribution in [0.1, 0.15) is 43.0 Å². The number of benzene rings is 2. The van der Waals surface area contributed by atoms with Crippen LogP contribution in [0.3, 0.4) is 0 Å². The van der Waals surface area contributed by atoms with Crippen molar-refractivity contribution in [2.45, 2.75) is 43.5 Å². The van der Waals surface area contributed by atoms with E-state index in [1.807, 2.05) is 6.07 Å². The number of amides is 1. The maximum absolute atomic E-state index is 12.8. The molecule has 1 aliphatic carbocycles. The molecule has 0 saturated heterocycles. The van der Waals surface area contributed by atoms with Crippen LogP contribution >= 0.6 is 0 Å². The molecule has 2 aromatic carbocycles. The number of rotatable bonds is 5. The van der Waals surface area contributed by atoms with E-state index in [-0.39, 0.29) is 16.8 Å². The van der Waals surface area contributed by atoms with E-state index in [9.17, 15) is 13.2 Å². The first kappa shape index (κ1) is 19.4. The van der Waals surface area contributed by atoms with Gasteiger partial charge in [0.05, 0.1) is 10.6 Å². The Hall–Kier alpha value is -2.34. The summed E-state index contributed by atoms with van der Waals surface area (Å²) in [7, 11) is -2.15. The first-order valence-electron chi connectivity index (χ1n) is 9.34. The summed E-state index contributed by atoms with van der Waals surface area (Å²) in [4.78, 5) is 12.7. The number of nitrogens with one attached hydrogen (secondary N) is 1. The Bertz CT molecular complexity index is 879. The van der Waals surface area contributed by atoms with Gasteiger partial charge in [-0.2, -0.15) is 0 Å². The third kappa shape index (κ3) is 4.33. The van der Waals surface area contributed by atoms with Crippen LogP contribution in [0, 0.1) is 5.92 Å². The average molecular weight is 387 g/mol. The van der Waals surface area contributed by atoms with Crippen molar-refractivity contribution in [2.24, 2.45) is 5.92 Å². The number of sulfonamides is 1. The molecule has 1 amide bonds. The van der Waals surface area contributed by atoms with Crippen molar-refractivity contribution in [1.82, 2.24) is 5.32 Å². The summed E-state index contributed by atoms with van der Waals surface area (Å²) >= 11 is 0. The summed E-state index contributed by atoms with van der Waals surface area (Å²) in [6, 6.07) is 15.2. The second-order valence-electron chi connectivity index (χ2n) is 7.17. The van der Waals surface area contributed by atoms with E-state index in [2.05, 4.69) is 12.2 Å². The van der Waals surface area contributed by atoms with Crippen LogP contribution in [0.25, 0.3) is 0 Å². The van der Waals surface area contributed by atoms with Gasteiger partial charge >= 0.3 is 0 Å². The van der Waals surface area contributed by atoms with E-state index < -0.39 is 10.0 Å². The van der Waals surface area contributed by atoms with Gasteiger partial charge in [-0.25, -0.2) is 8.42 Å². The van der Waals surface area contributed by atoms with E-state index in [0.29, 0.717) is 17.2 Å². The number of carbonyl (C=O) groups excluding carboxylic acids is 1. The van der Waals surface area contributed by atoms with Gasteiger partial charge in [0.15, 0.2) is 0 Å². The summed E-state index contributed by atoms with van der Waals surface area (Å²) in [5, 5.41) is 3.09. The maximum Gasteiger partial charge on any atom is 0.264 e. The molecule has 144 valence electrons. The van der Waals surface area contributed by atoms with Crippen molar-refractivity contribution in [1.29, 1.82) is 0 Å². The molecule has 3 rings (SSSR count). The lowest BCUT2D eigenvalue weighted by Crippen LogP contribution is -2.41. The zero-order chi connectivity index (χ0) is 19.4. The number of nitrogens with zero attached hydrogens (tertiary/aromatic N) is 1. The summed E-state index contributed by atoms with van der Waals surface area (Å²) in [6.45, 7) is 2.17. The van der Waals surface area contributed by atoms with Crippen LogP contribution in [-0.4, -0.2) is 27.4 Å². The Morgan fingerprint density at radius 3 is 2.26 bits per heavy atom. The molecule has 0 unspecified atom stereocenters. The smallest absolute Gasteiger partial charge is 0.264 e. The van der Waals surface area contributed by atoms with Crippen molar-refractivity contribution in [3.63, 3.8) is 0 Å². The zero-order valence-electron chi connectivity index (χ0n) is 15.8. The molecule has 1 N–H and O–H groups in total. The highest BCUT2D eigenvalue weighted by Gasteiger charge is 2.24. The molecule has 27 heavy (non-hydrogen) atoms. The minimum absolute atomic E-state index is 0.144. The largest absolute Gasteiger partial charge is 0.349 e. The summed E-state index contributed by atoms with van der Waals surface area (Å²) < 4.78 is 26.8. The van der Waals surface area contributed by atoms with Crippen LogP contribution in [0.5, 0.6) is 0 Å². The molecule has 6 heteroatoms. The second-order valence-corrected chi connectivity index (χ2v) is 9.14. The molecule has 0 bridgehead atoms. The average Bonchev–Trinajstić information content (AvgIpc) is 2.70. The molecule has 2 aromatic rings. The molecule has 1 fully saturated rings. The molecule has 0 radical (unpaired) electrons. The second kappa shape index (κ2) is 8.13. The SMILES string of the molecule is C[C@@H]1CCCC[C@H]1NC(=O)c1ccc(S(=O)(=O)N(C)c2ccccc2)cc1. The Labute approximate surface area is 161 Å². The number of anilines is 1. The van der Waals surface area contributed by atoms with Gasteiger partial charge in [0.25, 0.3) is 15.9 Å². The molecule has 0 aromatic heterocycles. The molecule has 0 aliphatic heterocycles. The fraction of sp³-hybridized carbons (Fsp3) is 0.381. The van der Waals surface area contributed by atoms with Gasteiger partial charge < -0.3 is 5.32 Å². The minimum Gasteiger partial charge on any atom is -0.349 e. The highest BCUT2D eigenvalue weighted by Crippen LogP contribution is 2.25. The lowest BCUT2D eigenvalue weighted by molar-refractivity contribution is 0.0910. The van der Waals surface area contributed by atoms with E-state index in [1.54, 1.807) is 36.4 Å².